The number of rotatable bonds is 3. The molecule has 2 atom stereocenters. The number of piperidine rings is 1. The van der Waals surface area contributed by atoms with Crippen LogP contribution in [0, 0.1) is 5.92 Å². The molecule has 2 unspecified atom stereocenters. The molecule has 0 aromatic carbocycles. The summed E-state index contributed by atoms with van der Waals surface area (Å²) in [7, 11) is 0. The highest BCUT2D eigenvalue weighted by Crippen LogP contribution is 2.24. The number of carboxylic acids is 1. The van der Waals surface area contributed by atoms with Gasteiger partial charge in [-0.2, -0.15) is 0 Å². The SMILES string of the molecule is CCCC1CCCN(C(=O)N2CCCCC2C(=O)O)CC1. The topological polar surface area (TPSA) is 60.9 Å². The molecule has 5 heteroatoms. The summed E-state index contributed by atoms with van der Waals surface area (Å²) >= 11 is 0. The highest BCUT2D eigenvalue weighted by molar-refractivity contribution is 5.83. The van der Waals surface area contributed by atoms with E-state index in [2.05, 4.69) is 6.92 Å². The van der Waals surface area contributed by atoms with Crippen LogP contribution in [0.1, 0.15) is 58.3 Å². The first-order valence-electron chi connectivity index (χ1n) is 8.41. The number of nitrogens with zero attached hydrogens (tertiary/aromatic N) is 2. The summed E-state index contributed by atoms with van der Waals surface area (Å²) in [5.41, 5.74) is 0. The van der Waals surface area contributed by atoms with E-state index in [9.17, 15) is 14.7 Å². The average Bonchev–Trinajstić information content (AvgIpc) is 2.72. The van der Waals surface area contributed by atoms with Gasteiger partial charge in [0.25, 0.3) is 0 Å². The Balaban J connectivity index is 1.96. The number of urea groups is 1. The molecule has 5 nitrogen and oxygen atoms in total. The van der Waals surface area contributed by atoms with Crippen molar-refractivity contribution in [1.29, 1.82) is 0 Å². The van der Waals surface area contributed by atoms with E-state index in [0.29, 0.717) is 13.0 Å². The second-order valence-corrected chi connectivity index (χ2v) is 6.40. The zero-order valence-electron chi connectivity index (χ0n) is 13.1. The molecule has 0 bridgehead atoms. The van der Waals surface area contributed by atoms with Gasteiger partial charge in [0, 0.05) is 19.6 Å². The zero-order valence-corrected chi connectivity index (χ0v) is 13.1. The Morgan fingerprint density at radius 3 is 2.57 bits per heavy atom. The van der Waals surface area contributed by atoms with Gasteiger partial charge in [-0.25, -0.2) is 9.59 Å². The van der Waals surface area contributed by atoms with Crippen molar-refractivity contribution in [2.45, 2.75) is 64.3 Å². The molecule has 2 fully saturated rings. The molecule has 0 aliphatic carbocycles. The van der Waals surface area contributed by atoms with Crippen LogP contribution in [-0.2, 0) is 4.79 Å². The van der Waals surface area contributed by atoms with Crippen molar-refractivity contribution >= 4 is 12.0 Å². The molecule has 2 aliphatic heterocycles. The minimum absolute atomic E-state index is 0.0563. The Bertz CT molecular complexity index is 373. The summed E-state index contributed by atoms with van der Waals surface area (Å²) in [5.74, 6) is -0.133. The van der Waals surface area contributed by atoms with Gasteiger partial charge in [0.1, 0.15) is 6.04 Å². The summed E-state index contributed by atoms with van der Waals surface area (Å²) in [6, 6.07) is -0.680. The summed E-state index contributed by atoms with van der Waals surface area (Å²) in [4.78, 5) is 27.5. The largest absolute Gasteiger partial charge is 0.480 e. The second kappa shape index (κ2) is 7.66. The van der Waals surface area contributed by atoms with Crippen LogP contribution < -0.4 is 0 Å². The van der Waals surface area contributed by atoms with Gasteiger partial charge in [0.2, 0.25) is 0 Å². The first-order valence-corrected chi connectivity index (χ1v) is 8.41. The number of carboxylic acid groups (broad SMARTS) is 1. The van der Waals surface area contributed by atoms with Crippen molar-refractivity contribution in [3.63, 3.8) is 0 Å². The van der Waals surface area contributed by atoms with Gasteiger partial charge in [-0.15, -0.1) is 0 Å². The van der Waals surface area contributed by atoms with Crippen LogP contribution in [0.4, 0.5) is 4.79 Å². The normalized spacial score (nSPS) is 27.3. The molecule has 2 heterocycles. The van der Waals surface area contributed by atoms with Crippen LogP contribution in [-0.4, -0.2) is 52.6 Å². The van der Waals surface area contributed by atoms with Gasteiger partial charge >= 0.3 is 12.0 Å². The molecule has 0 aromatic heterocycles. The van der Waals surface area contributed by atoms with Gasteiger partial charge in [-0.05, 0) is 44.4 Å². The standard InChI is InChI=1S/C16H28N2O3/c1-2-6-13-7-5-10-17(12-9-13)16(21)18-11-4-3-8-14(18)15(19)20/h13-14H,2-12H2,1H3,(H,19,20). The number of carbonyl (C=O) groups excluding carboxylic acids is 1. The monoisotopic (exact) mass is 296 g/mol. The van der Waals surface area contributed by atoms with E-state index >= 15 is 0 Å². The highest BCUT2D eigenvalue weighted by atomic mass is 16.4. The molecule has 0 radical (unpaired) electrons. The second-order valence-electron chi connectivity index (χ2n) is 6.40. The van der Waals surface area contributed by atoms with Gasteiger partial charge in [0.05, 0.1) is 0 Å². The maximum atomic E-state index is 12.7. The molecule has 2 saturated heterocycles. The first-order chi connectivity index (χ1) is 10.1. The Hall–Kier alpha value is -1.26. The first kappa shape index (κ1) is 16.1. The van der Waals surface area contributed by atoms with Gasteiger partial charge in [0.15, 0.2) is 0 Å². The predicted molar refractivity (Wildman–Crippen MR) is 81.2 cm³/mol. The van der Waals surface area contributed by atoms with E-state index < -0.39 is 12.0 Å². The Kier molecular flexibility index (Phi) is 5.88. The molecule has 0 spiro atoms. The third-order valence-electron chi connectivity index (χ3n) is 4.85. The fourth-order valence-corrected chi connectivity index (χ4v) is 3.65. The van der Waals surface area contributed by atoms with Crippen molar-refractivity contribution in [3.8, 4) is 0 Å². The van der Waals surface area contributed by atoms with E-state index in [1.54, 1.807) is 4.90 Å². The van der Waals surface area contributed by atoms with Gasteiger partial charge in [-0.1, -0.05) is 19.8 Å². The summed E-state index contributed by atoms with van der Waals surface area (Å²) in [5, 5.41) is 9.31. The van der Waals surface area contributed by atoms with Crippen LogP contribution in [0.2, 0.25) is 0 Å². The van der Waals surface area contributed by atoms with Crippen LogP contribution in [0.25, 0.3) is 0 Å². The van der Waals surface area contributed by atoms with Crippen molar-refractivity contribution < 1.29 is 14.7 Å². The van der Waals surface area contributed by atoms with Crippen LogP contribution in [0.15, 0.2) is 0 Å². The predicted octanol–water partition coefficient (Wildman–Crippen LogP) is 2.95. The highest BCUT2D eigenvalue weighted by Gasteiger charge is 2.34. The van der Waals surface area contributed by atoms with Crippen LogP contribution >= 0.6 is 0 Å². The molecule has 0 saturated carbocycles. The molecular formula is C16H28N2O3. The number of aliphatic carboxylic acids is 1. The van der Waals surface area contributed by atoms with E-state index in [1.165, 1.54) is 19.3 Å². The maximum absolute atomic E-state index is 12.7. The van der Waals surface area contributed by atoms with Crippen molar-refractivity contribution in [1.82, 2.24) is 9.80 Å². The van der Waals surface area contributed by atoms with E-state index in [0.717, 1.165) is 44.7 Å². The van der Waals surface area contributed by atoms with Gasteiger partial charge < -0.3 is 14.9 Å². The number of hydrogen-bond acceptors (Lipinski definition) is 2. The summed E-state index contributed by atoms with van der Waals surface area (Å²) in [6.45, 7) is 4.36. The quantitative estimate of drug-likeness (QED) is 0.871. The third-order valence-corrected chi connectivity index (χ3v) is 4.85. The minimum atomic E-state index is -0.860. The van der Waals surface area contributed by atoms with Crippen molar-refractivity contribution in [3.05, 3.63) is 0 Å². The Morgan fingerprint density at radius 1 is 1.05 bits per heavy atom. The lowest BCUT2D eigenvalue weighted by atomic mass is 9.96. The molecule has 2 aliphatic rings. The lowest BCUT2D eigenvalue weighted by molar-refractivity contribution is -0.143. The lowest BCUT2D eigenvalue weighted by Crippen LogP contribution is -2.53. The zero-order chi connectivity index (χ0) is 15.2. The van der Waals surface area contributed by atoms with E-state index in [-0.39, 0.29) is 6.03 Å². The van der Waals surface area contributed by atoms with Crippen LogP contribution in [0.5, 0.6) is 0 Å². The third kappa shape index (κ3) is 4.11. The van der Waals surface area contributed by atoms with E-state index in [1.807, 2.05) is 4.90 Å². The average molecular weight is 296 g/mol. The van der Waals surface area contributed by atoms with Gasteiger partial charge in [-0.3, -0.25) is 0 Å². The fourth-order valence-electron chi connectivity index (χ4n) is 3.65. The smallest absolute Gasteiger partial charge is 0.326 e. The molecule has 120 valence electrons. The Morgan fingerprint density at radius 2 is 1.86 bits per heavy atom. The minimum Gasteiger partial charge on any atom is -0.480 e. The molecule has 1 N–H and O–H groups in total. The number of hydrogen-bond donors (Lipinski definition) is 1. The maximum Gasteiger partial charge on any atom is 0.326 e. The van der Waals surface area contributed by atoms with Crippen molar-refractivity contribution in [2.75, 3.05) is 19.6 Å². The number of amides is 2. The number of carbonyl (C=O) groups is 2. The molecule has 21 heavy (non-hydrogen) atoms. The van der Waals surface area contributed by atoms with E-state index in [4.69, 9.17) is 0 Å². The Labute approximate surface area is 127 Å². The molecule has 0 aromatic rings. The molecular weight excluding hydrogens is 268 g/mol. The fraction of sp³-hybridized carbons (Fsp3) is 0.875. The molecule has 2 amide bonds. The van der Waals surface area contributed by atoms with Crippen LogP contribution in [0.3, 0.4) is 0 Å². The van der Waals surface area contributed by atoms with Crippen molar-refractivity contribution in [2.24, 2.45) is 5.92 Å². The summed E-state index contributed by atoms with van der Waals surface area (Å²) < 4.78 is 0. The number of likely N-dealkylation sites (tertiary alicyclic amines) is 2. The molecule has 2 rings (SSSR count). The lowest BCUT2D eigenvalue weighted by Gasteiger charge is -2.36. The summed E-state index contributed by atoms with van der Waals surface area (Å²) in [6.07, 6.45) is 8.15.